The third-order valence-electron chi connectivity index (χ3n) is 4.70. The fourth-order valence-corrected chi connectivity index (χ4v) is 3.49. The molecule has 2 aromatic carbocycles. The number of carbonyl (C=O) groups excluding carboxylic acids is 2. The van der Waals surface area contributed by atoms with Crippen molar-refractivity contribution in [2.24, 2.45) is 0 Å². The van der Waals surface area contributed by atoms with Crippen LogP contribution in [0.25, 0.3) is 5.76 Å². The standard InChI is InChI=1S/C22H15ClN2O4/c23-15-9-7-13(8-10-15)20(27)18-19(14-4-3-11-24-12-14)25(22(29)21(18)28)16-5-1-2-6-17(16)26/h1-12,19,26-27H/b20-18+. The van der Waals surface area contributed by atoms with Crippen molar-refractivity contribution >= 4 is 34.7 Å². The Morgan fingerprint density at radius 3 is 2.38 bits per heavy atom. The Morgan fingerprint density at radius 1 is 1.00 bits per heavy atom. The third kappa shape index (κ3) is 3.23. The van der Waals surface area contributed by atoms with E-state index in [0.29, 0.717) is 16.1 Å². The number of Topliss-reactive ketones (excluding diaryl/α,β-unsaturated/α-hetero) is 1. The van der Waals surface area contributed by atoms with Crippen molar-refractivity contribution in [2.75, 3.05) is 4.90 Å². The molecule has 2 heterocycles. The van der Waals surface area contributed by atoms with Crippen LogP contribution in [0, 0.1) is 0 Å². The SMILES string of the molecule is O=C1C(=O)N(c2ccccc2O)C(c2cccnc2)/C1=C(\O)c1ccc(Cl)cc1. The van der Waals surface area contributed by atoms with Crippen molar-refractivity contribution in [3.8, 4) is 5.75 Å². The summed E-state index contributed by atoms with van der Waals surface area (Å²) in [5.74, 6) is -2.19. The lowest BCUT2D eigenvalue weighted by atomic mass is 9.96. The van der Waals surface area contributed by atoms with Gasteiger partial charge in [0.2, 0.25) is 0 Å². The van der Waals surface area contributed by atoms with Gasteiger partial charge in [0.25, 0.3) is 11.7 Å². The van der Waals surface area contributed by atoms with Crippen molar-refractivity contribution in [1.29, 1.82) is 0 Å². The maximum Gasteiger partial charge on any atom is 0.300 e. The molecule has 1 amide bonds. The summed E-state index contributed by atoms with van der Waals surface area (Å²) in [5.41, 5.74) is 0.941. The van der Waals surface area contributed by atoms with Crippen molar-refractivity contribution < 1.29 is 19.8 Å². The number of aliphatic hydroxyl groups excluding tert-OH is 1. The lowest BCUT2D eigenvalue weighted by molar-refractivity contribution is -0.132. The molecule has 3 aromatic rings. The molecule has 4 rings (SSSR count). The van der Waals surface area contributed by atoms with Gasteiger partial charge in [-0.05, 0) is 48.0 Å². The minimum Gasteiger partial charge on any atom is -0.507 e. The lowest BCUT2D eigenvalue weighted by Gasteiger charge is -2.25. The second-order valence-corrected chi connectivity index (χ2v) is 6.89. The fourth-order valence-electron chi connectivity index (χ4n) is 3.37. The summed E-state index contributed by atoms with van der Waals surface area (Å²) in [4.78, 5) is 31.1. The summed E-state index contributed by atoms with van der Waals surface area (Å²) < 4.78 is 0. The summed E-state index contributed by atoms with van der Waals surface area (Å²) in [6.45, 7) is 0. The fraction of sp³-hybridized carbons (Fsp3) is 0.0455. The quantitative estimate of drug-likeness (QED) is 0.389. The van der Waals surface area contributed by atoms with Gasteiger partial charge in [-0.2, -0.15) is 0 Å². The van der Waals surface area contributed by atoms with Crippen LogP contribution in [0.3, 0.4) is 0 Å². The molecule has 144 valence electrons. The third-order valence-corrected chi connectivity index (χ3v) is 4.96. The number of aliphatic hydroxyl groups is 1. The Balaban J connectivity index is 1.96. The lowest BCUT2D eigenvalue weighted by Crippen LogP contribution is -2.29. The molecule has 0 bridgehead atoms. The van der Waals surface area contributed by atoms with E-state index in [1.54, 1.807) is 54.7 Å². The molecule has 0 aliphatic carbocycles. The van der Waals surface area contributed by atoms with Crippen molar-refractivity contribution in [3.05, 3.63) is 94.8 Å². The number of carbonyl (C=O) groups is 2. The number of para-hydroxylation sites is 2. The number of hydrogen-bond acceptors (Lipinski definition) is 5. The number of anilines is 1. The predicted octanol–water partition coefficient (Wildman–Crippen LogP) is 4.07. The zero-order valence-corrected chi connectivity index (χ0v) is 15.7. The van der Waals surface area contributed by atoms with Gasteiger partial charge in [-0.25, -0.2) is 0 Å². The first kappa shape index (κ1) is 18.7. The van der Waals surface area contributed by atoms with Gasteiger partial charge in [0.15, 0.2) is 0 Å². The minimum absolute atomic E-state index is 0.0893. The highest BCUT2D eigenvalue weighted by Gasteiger charge is 2.47. The van der Waals surface area contributed by atoms with E-state index in [1.807, 2.05) is 0 Å². The first-order valence-electron chi connectivity index (χ1n) is 8.74. The number of phenols is 1. The number of halogens is 1. The van der Waals surface area contributed by atoms with Crippen LogP contribution in [0.1, 0.15) is 17.2 Å². The van der Waals surface area contributed by atoms with Gasteiger partial charge in [-0.15, -0.1) is 0 Å². The summed E-state index contributed by atoms with van der Waals surface area (Å²) in [6, 6.07) is 14.9. The maximum absolute atomic E-state index is 12.9. The highest BCUT2D eigenvalue weighted by molar-refractivity contribution is 6.51. The van der Waals surface area contributed by atoms with Crippen LogP contribution in [0.5, 0.6) is 5.75 Å². The number of aromatic nitrogens is 1. The Hall–Kier alpha value is -3.64. The topological polar surface area (TPSA) is 90.7 Å². The van der Waals surface area contributed by atoms with E-state index in [4.69, 9.17) is 11.6 Å². The van der Waals surface area contributed by atoms with Crippen LogP contribution in [-0.4, -0.2) is 26.9 Å². The molecule has 6 nitrogen and oxygen atoms in total. The van der Waals surface area contributed by atoms with E-state index >= 15 is 0 Å². The van der Waals surface area contributed by atoms with E-state index in [-0.39, 0.29) is 22.8 Å². The maximum atomic E-state index is 12.9. The molecule has 7 heteroatoms. The average molecular weight is 407 g/mol. The number of phenolic OH excluding ortho intramolecular Hbond substituents is 1. The van der Waals surface area contributed by atoms with Crippen LogP contribution in [0.2, 0.25) is 5.02 Å². The predicted molar refractivity (Wildman–Crippen MR) is 109 cm³/mol. The normalized spacial score (nSPS) is 18.2. The van der Waals surface area contributed by atoms with Gasteiger partial charge in [0.05, 0.1) is 17.3 Å². The molecule has 0 saturated carbocycles. The smallest absolute Gasteiger partial charge is 0.300 e. The van der Waals surface area contributed by atoms with Gasteiger partial charge in [-0.3, -0.25) is 19.5 Å². The molecule has 1 saturated heterocycles. The largest absolute Gasteiger partial charge is 0.507 e. The van der Waals surface area contributed by atoms with Gasteiger partial charge < -0.3 is 10.2 Å². The molecular weight excluding hydrogens is 392 g/mol. The number of amides is 1. The molecule has 0 spiro atoms. The van der Waals surface area contributed by atoms with Crippen LogP contribution in [-0.2, 0) is 9.59 Å². The van der Waals surface area contributed by atoms with E-state index in [1.165, 1.54) is 23.2 Å². The minimum atomic E-state index is -0.951. The Kier molecular flexibility index (Phi) is 4.78. The number of aromatic hydroxyl groups is 1. The molecule has 2 N–H and O–H groups in total. The molecule has 1 aromatic heterocycles. The Labute approximate surface area is 171 Å². The van der Waals surface area contributed by atoms with Crippen molar-refractivity contribution in [3.63, 3.8) is 0 Å². The van der Waals surface area contributed by atoms with Crippen LogP contribution in [0.4, 0.5) is 5.69 Å². The highest BCUT2D eigenvalue weighted by atomic mass is 35.5. The highest BCUT2D eigenvalue weighted by Crippen LogP contribution is 2.44. The average Bonchev–Trinajstić information content (AvgIpc) is 3.00. The molecule has 1 aliphatic rings. The second kappa shape index (κ2) is 7.41. The van der Waals surface area contributed by atoms with E-state index in [0.717, 1.165) is 0 Å². The van der Waals surface area contributed by atoms with Crippen LogP contribution < -0.4 is 4.90 Å². The van der Waals surface area contributed by atoms with E-state index < -0.39 is 17.7 Å². The van der Waals surface area contributed by atoms with Crippen LogP contribution >= 0.6 is 11.6 Å². The van der Waals surface area contributed by atoms with Gasteiger partial charge in [0.1, 0.15) is 11.5 Å². The molecule has 1 aliphatic heterocycles. The number of rotatable bonds is 3. The number of benzene rings is 2. The molecule has 1 atom stereocenters. The van der Waals surface area contributed by atoms with Crippen molar-refractivity contribution in [1.82, 2.24) is 4.98 Å². The molecule has 29 heavy (non-hydrogen) atoms. The summed E-state index contributed by atoms with van der Waals surface area (Å²) in [5, 5.41) is 21.7. The monoisotopic (exact) mass is 406 g/mol. The first-order valence-corrected chi connectivity index (χ1v) is 9.11. The summed E-state index contributed by atoms with van der Waals surface area (Å²) in [6.07, 6.45) is 3.08. The number of pyridine rings is 1. The Bertz CT molecular complexity index is 1130. The van der Waals surface area contributed by atoms with Crippen LogP contribution in [0.15, 0.2) is 78.6 Å². The van der Waals surface area contributed by atoms with E-state index in [9.17, 15) is 19.8 Å². The molecule has 1 fully saturated rings. The first-order chi connectivity index (χ1) is 14.0. The zero-order chi connectivity index (χ0) is 20.5. The van der Waals surface area contributed by atoms with E-state index in [2.05, 4.69) is 4.98 Å². The number of ketones is 1. The summed E-state index contributed by atoms with van der Waals surface area (Å²) in [7, 11) is 0. The Morgan fingerprint density at radius 2 is 1.72 bits per heavy atom. The number of nitrogens with zero attached hydrogens (tertiary/aromatic N) is 2. The van der Waals surface area contributed by atoms with Gasteiger partial charge >= 0.3 is 0 Å². The van der Waals surface area contributed by atoms with Crippen molar-refractivity contribution in [2.45, 2.75) is 6.04 Å². The molecular formula is C22H15ClN2O4. The second-order valence-electron chi connectivity index (χ2n) is 6.45. The van der Waals surface area contributed by atoms with Gasteiger partial charge in [0, 0.05) is 23.0 Å². The van der Waals surface area contributed by atoms with Gasteiger partial charge in [-0.1, -0.05) is 29.8 Å². The molecule has 1 unspecified atom stereocenters. The molecule has 0 radical (unpaired) electrons. The summed E-state index contributed by atoms with van der Waals surface area (Å²) >= 11 is 5.91. The number of hydrogen-bond donors (Lipinski definition) is 2. The zero-order valence-electron chi connectivity index (χ0n) is 15.0.